The minimum atomic E-state index is -1.44. The van der Waals surface area contributed by atoms with E-state index >= 15 is 0 Å². The molecule has 0 aliphatic carbocycles. The topological polar surface area (TPSA) is 46.6 Å². The number of hydrogen-bond acceptors (Lipinski definition) is 3. The average molecular weight is 329 g/mol. The highest BCUT2D eigenvalue weighted by Gasteiger charge is 2.64. The molecule has 2 aliphatic heterocycles. The van der Waals surface area contributed by atoms with Gasteiger partial charge in [0.1, 0.15) is 0 Å². The van der Waals surface area contributed by atoms with Gasteiger partial charge in [0.25, 0.3) is 5.91 Å². The molecule has 122 valence electrons. The number of anilines is 1. The zero-order valence-electron chi connectivity index (χ0n) is 13.4. The molecule has 2 aliphatic rings. The Balaban J connectivity index is 1.99. The van der Waals surface area contributed by atoms with E-state index in [1.165, 1.54) is 4.90 Å². The van der Waals surface area contributed by atoms with E-state index in [1.807, 2.05) is 54.6 Å². The van der Waals surface area contributed by atoms with Crippen molar-refractivity contribution in [3.63, 3.8) is 0 Å². The van der Waals surface area contributed by atoms with Gasteiger partial charge in [-0.15, -0.1) is 6.42 Å². The number of carbonyl (C=O) groups excluding carboxylic acids is 2. The zero-order chi connectivity index (χ0) is 17.6. The molecule has 4 heteroatoms. The number of rotatable bonds is 2. The predicted molar refractivity (Wildman–Crippen MR) is 93.7 cm³/mol. The van der Waals surface area contributed by atoms with Gasteiger partial charge in [-0.3, -0.25) is 9.69 Å². The van der Waals surface area contributed by atoms with E-state index < -0.39 is 17.5 Å². The lowest BCUT2D eigenvalue weighted by molar-refractivity contribution is -0.157. The maximum absolute atomic E-state index is 13.4. The maximum Gasteiger partial charge on any atom is 0.335 e. The Morgan fingerprint density at radius 3 is 2.52 bits per heavy atom. The summed E-state index contributed by atoms with van der Waals surface area (Å²) in [5, 5.41) is 0. The molecule has 0 radical (unpaired) electrons. The third kappa shape index (κ3) is 1.90. The van der Waals surface area contributed by atoms with Gasteiger partial charge in [-0.2, -0.15) is 0 Å². The number of ether oxygens (including phenoxy) is 1. The predicted octanol–water partition coefficient (Wildman–Crippen LogP) is 2.76. The average Bonchev–Trinajstić information content (AvgIpc) is 3.03. The summed E-state index contributed by atoms with van der Waals surface area (Å²) in [7, 11) is 0. The van der Waals surface area contributed by atoms with Gasteiger partial charge in [-0.05, 0) is 11.6 Å². The molecular weight excluding hydrogens is 314 g/mol. The highest BCUT2D eigenvalue weighted by molar-refractivity contribution is 6.13. The molecule has 2 aromatic carbocycles. The molecule has 0 saturated carbocycles. The normalized spacial score (nSPS) is 24.4. The number of amides is 1. The quantitative estimate of drug-likeness (QED) is 0.483. The monoisotopic (exact) mass is 329 g/mol. The van der Waals surface area contributed by atoms with Crippen LogP contribution in [0.2, 0.25) is 0 Å². The lowest BCUT2D eigenvalue weighted by atomic mass is 9.76. The van der Waals surface area contributed by atoms with Gasteiger partial charge < -0.3 is 4.74 Å². The van der Waals surface area contributed by atoms with E-state index in [0.717, 1.165) is 5.56 Å². The first kappa shape index (κ1) is 15.2. The van der Waals surface area contributed by atoms with Crippen molar-refractivity contribution in [3.05, 3.63) is 77.9 Å². The molecule has 0 N–H and O–H groups in total. The number of esters is 1. The number of fused-ring (bicyclic) bond motifs is 2. The Morgan fingerprint density at radius 2 is 1.80 bits per heavy atom. The summed E-state index contributed by atoms with van der Waals surface area (Å²) in [5.41, 5.74) is 0.967. The Morgan fingerprint density at radius 1 is 1.12 bits per heavy atom. The maximum atomic E-state index is 13.4. The fourth-order valence-corrected chi connectivity index (χ4v) is 3.79. The summed E-state index contributed by atoms with van der Waals surface area (Å²) in [4.78, 5) is 27.3. The molecule has 1 spiro atoms. The lowest BCUT2D eigenvalue weighted by Gasteiger charge is -2.28. The summed E-state index contributed by atoms with van der Waals surface area (Å²) in [6.45, 7) is 4.02. The third-order valence-electron chi connectivity index (χ3n) is 4.81. The molecule has 2 aromatic rings. The van der Waals surface area contributed by atoms with E-state index in [0.29, 0.717) is 11.3 Å². The Bertz CT molecular complexity index is 941. The number of hydrogen-bond donors (Lipinski definition) is 0. The molecule has 2 atom stereocenters. The lowest BCUT2D eigenvalue weighted by Crippen LogP contribution is -2.43. The van der Waals surface area contributed by atoms with Crippen molar-refractivity contribution >= 4 is 17.6 Å². The third-order valence-corrected chi connectivity index (χ3v) is 4.81. The van der Waals surface area contributed by atoms with Crippen LogP contribution in [-0.4, -0.2) is 18.4 Å². The van der Waals surface area contributed by atoms with Crippen molar-refractivity contribution in [2.45, 2.75) is 11.5 Å². The Hall–Kier alpha value is -3.32. The van der Waals surface area contributed by atoms with Crippen LogP contribution in [0.3, 0.4) is 0 Å². The number of carbonyl (C=O) groups is 2. The fourth-order valence-electron chi connectivity index (χ4n) is 3.79. The highest BCUT2D eigenvalue weighted by atomic mass is 16.6. The van der Waals surface area contributed by atoms with Gasteiger partial charge in [0.05, 0.1) is 18.2 Å². The second-order valence-electron chi connectivity index (χ2n) is 6.11. The van der Waals surface area contributed by atoms with Crippen LogP contribution in [0.25, 0.3) is 0 Å². The van der Waals surface area contributed by atoms with Crippen molar-refractivity contribution in [3.8, 4) is 12.3 Å². The SMILES string of the molecule is C#CCN1C(=O)[C@]2(OC(=O)C(=C)[C@H]2c2ccccc2)c2ccccc21. The second kappa shape index (κ2) is 5.35. The summed E-state index contributed by atoms with van der Waals surface area (Å²) >= 11 is 0. The first-order valence-corrected chi connectivity index (χ1v) is 7.93. The van der Waals surface area contributed by atoms with E-state index in [-0.39, 0.29) is 18.0 Å². The van der Waals surface area contributed by atoms with Gasteiger partial charge in [0, 0.05) is 11.1 Å². The number of benzene rings is 2. The summed E-state index contributed by atoms with van der Waals surface area (Å²) < 4.78 is 5.71. The smallest absolute Gasteiger partial charge is 0.335 e. The first-order valence-electron chi connectivity index (χ1n) is 7.93. The molecule has 1 amide bonds. The van der Waals surface area contributed by atoms with Gasteiger partial charge >= 0.3 is 5.97 Å². The minimum Gasteiger partial charge on any atom is -0.439 e. The van der Waals surface area contributed by atoms with E-state index in [9.17, 15) is 9.59 Å². The van der Waals surface area contributed by atoms with Crippen LogP contribution in [0.5, 0.6) is 0 Å². The van der Waals surface area contributed by atoms with Crippen LogP contribution in [0, 0.1) is 12.3 Å². The highest BCUT2D eigenvalue weighted by Crippen LogP contribution is 2.56. The second-order valence-corrected chi connectivity index (χ2v) is 6.11. The van der Waals surface area contributed by atoms with Crippen molar-refractivity contribution < 1.29 is 14.3 Å². The summed E-state index contributed by atoms with van der Waals surface area (Å²) in [6, 6.07) is 16.6. The molecule has 0 unspecified atom stereocenters. The molecule has 4 nitrogen and oxygen atoms in total. The first-order chi connectivity index (χ1) is 12.1. The zero-order valence-corrected chi connectivity index (χ0v) is 13.4. The van der Waals surface area contributed by atoms with Crippen LogP contribution in [-0.2, 0) is 19.9 Å². The molecule has 25 heavy (non-hydrogen) atoms. The fraction of sp³-hybridized carbons (Fsp3) is 0.143. The van der Waals surface area contributed by atoms with Gasteiger partial charge in [-0.25, -0.2) is 4.79 Å². The molecule has 0 aromatic heterocycles. The van der Waals surface area contributed by atoms with Crippen molar-refractivity contribution in [2.24, 2.45) is 0 Å². The molecular formula is C21H15NO3. The van der Waals surface area contributed by atoms with Gasteiger partial charge in [-0.1, -0.05) is 61.0 Å². The summed E-state index contributed by atoms with van der Waals surface area (Å²) in [5.74, 6) is 1.04. The molecule has 2 heterocycles. The molecule has 4 rings (SSSR count). The van der Waals surface area contributed by atoms with Crippen molar-refractivity contribution in [2.75, 3.05) is 11.4 Å². The van der Waals surface area contributed by atoms with Crippen LogP contribution >= 0.6 is 0 Å². The van der Waals surface area contributed by atoms with Crippen molar-refractivity contribution in [1.29, 1.82) is 0 Å². The number of para-hydroxylation sites is 1. The van der Waals surface area contributed by atoms with Crippen LogP contribution in [0.4, 0.5) is 5.69 Å². The van der Waals surface area contributed by atoms with E-state index in [4.69, 9.17) is 11.2 Å². The minimum absolute atomic E-state index is 0.114. The van der Waals surface area contributed by atoms with Crippen LogP contribution in [0.15, 0.2) is 66.7 Å². The molecule has 0 bridgehead atoms. The Labute approximate surface area is 145 Å². The van der Waals surface area contributed by atoms with Crippen LogP contribution in [0.1, 0.15) is 17.0 Å². The Kier molecular flexibility index (Phi) is 3.26. The van der Waals surface area contributed by atoms with Crippen LogP contribution < -0.4 is 4.90 Å². The molecule has 1 saturated heterocycles. The largest absolute Gasteiger partial charge is 0.439 e. The summed E-state index contributed by atoms with van der Waals surface area (Å²) in [6.07, 6.45) is 5.45. The standard InChI is InChI=1S/C21H15NO3/c1-3-13-22-17-12-8-7-11-16(17)21(20(22)24)18(14(2)19(23)25-21)15-9-5-4-6-10-15/h1,4-12,18H,2,13H2/t18-,21-/m0/s1. The van der Waals surface area contributed by atoms with E-state index in [2.05, 4.69) is 12.5 Å². The van der Waals surface area contributed by atoms with E-state index in [1.54, 1.807) is 0 Å². The van der Waals surface area contributed by atoms with Gasteiger partial charge in [0.2, 0.25) is 5.60 Å². The number of nitrogens with zero attached hydrogens (tertiary/aromatic N) is 1. The molecule has 1 fully saturated rings. The van der Waals surface area contributed by atoms with Crippen molar-refractivity contribution in [1.82, 2.24) is 0 Å². The number of terminal acetylenes is 1. The van der Waals surface area contributed by atoms with Gasteiger partial charge in [0.15, 0.2) is 0 Å².